The molecule has 3 atom stereocenters. The zero-order valence-electron chi connectivity index (χ0n) is 24.2. The molecule has 11 nitrogen and oxygen atoms in total. The van der Waals surface area contributed by atoms with Crippen LogP contribution >= 0.6 is 11.6 Å². The number of β-amino-alcohol motifs (C(OH)–C–C–N with tert-alkyl or cyclic N) is 1. The van der Waals surface area contributed by atoms with Crippen molar-refractivity contribution >= 4 is 39.4 Å². The fourth-order valence-electron chi connectivity index (χ4n) is 5.72. The minimum atomic E-state index is -5.02. The van der Waals surface area contributed by atoms with E-state index in [-0.39, 0.29) is 42.5 Å². The number of aliphatic hydroxyl groups is 1. The van der Waals surface area contributed by atoms with Gasteiger partial charge in [0.15, 0.2) is 5.82 Å². The summed E-state index contributed by atoms with van der Waals surface area (Å²) >= 11 is 6.26. The fourth-order valence-corrected chi connectivity index (χ4v) is 7.59. The molecule has 0 saturated carbocycles. The number of nitriles is 1. The summed E-state index contributed by atoms with van der Waals surface area (Å²) in [5.41, 5.74) is -0.552. The number of anilines is 1. The standard InChI is InChI=1S/C29H27ClF4N6O5S/c1-37(14-17-6-8-18(31)9-7-17)27-21(13-35)26(36-40(27)28(43)20-4-2-3-5-24(20)30)22-16-39(25(42)12-23(22)29(32,33)34)46(44,45)38-11-10-19(41)15-38/h2-9,19,22-23,41H,10-12,14-16H2,1H3. The molecule has 46 heavy (non-hydrogen) atoms. The lowest BCUT2D eigenvalue weighted by atomic mass is 9.82. The monoisotopic (exact) mass is 682 g/mol. The Labute approximate surface area is 266 Å². The second kappa shape index (κ2) is 12.6. The van der Waals surface area contributed by atoms with E-state index in [1.165, 1.54) is 54.4 Å². The second-order valence-electron chi connectivity index (χ2n) is 11.1. The lowest BCUT2D eigenvalue weighted by molar-refractivity contribution is -0.192. The van der Waals surface area contributed by atoms with Gasteiger partial charge in [0, 0.05) is 45.6 Å². The summed E-state index contributed by atoms with van der Waals surface area (Å²) in [5, 5.41) is 24.4. The Morgan fingerprint density at radius 3 is 2.43 bits per heavy atom. The summed E-state index contributed by atoms with van der Waals surface area (Å²) in [6.45, 7) is -1.56. The molecule has 1 aromatic heterocycles. The van der Waals surface area contributed by atoms with Crippen molar-refractivity contribution in [3.05, 3.63) is 81.8 Å². The molecule has 244 valence electrons. The van der Waals surface area contributed by atoms with Gasteiger partial charge in [-0.3, -0.25) is 9.59 Å². The molecule has 2 fully saturated rings. The molecule has 17 heteroatoms. The van der Waals surface area contributed by atoms with Crippen LogP contribution in [0.2, 0.25) is 5.02 Å². The first-order valence-corrected chi connectivity index (χ1v) is 15.7. The van der Waals surface area contributed by atoms with Crippen molar-refractivity contribution in [1.29, 1.82) is 5.26 Å². The summed E-state index contributed by atoms with van der Waals surface area (Å²) < 4.78 is 85.8. The van der Waals surface area contributed by atoms with Gasteiger partial charge in [0.2, 0.25) is 5.91 Å². The predicted octanol–water partition coefficient (Wildman–Crippen LogP) is 3.68. The van der Waals surface area contributed by atoms with Crippen molar-refractivity contribution in [2.45, 2.75) is 37.6 Å². The van der Waals surface area contributed by atoms with E-state index < -0.39 is 76.2 Å². The summed E-state index contributed by atoms with van der Waals surface area (Å²) in [4.78, 5) is 28.2. The van der Waals surface area contributed by atoms with Crippen LogP contribution in [0.4, 0.5) is 23.4 Å². The number of amides is 1. The smallest absolute Gasteiger partial charge is 0.392 e. The van der Waals surface area contributed by atoms with Gasteiger partial charge >= 0.3 is 16.4 Å². The number of nitrogens with zero attached hydrogens (tertiary/aromatic N) is 6. The second-order valence-corrected chi connectivity index (χ2v) is 13.3. The first kappa shape index (κ1) is 33.3. The quantitative estimate of drug-likeness (QED) is 0.373. The molecule has 3 heterocycles. The molecule has 1 amide bonds. The number of carbonyl (C=O) groups excluding carboxylic acids is 2. The number of hydrogen-bond donors (Lipinski definition) is 1. The van der Waals surface area contributed by atoms with E-state index >= 15 is 0 Å². The average molecular weight is 683 g/mol. The molecule has 1 N–H and O–H groups in total. The third-order valence-electron chi connectivity index (χ3n) is 8.01. The van der Waals surface area contributed by atoms with E-state index in [4.69, 9.17) is 11.6 Å². The maximum Gasteiger partial charge on any atom is 0.393 e. The third kappa shape index (κ3) is 6.32. The first-order chi connectivity index (χ1) is 21.6. The number of benzene rings is 2. The van der Waals surface area contributed by atoms with Gasteiger partial charge < -0.3 is 10.0 Å². The highest BCUT2D eigenvalue weighted by molar-refractivity contribution is 7.87. The van der Waals surface area contributed by atoms with Crippen molar-refractivity contribution in [3.63, 3.8) is 0 Å². The molecule has 2 aromatic carbocycles. The lowest BCUT2D eigenvalue weighted by Crippen LogP contribution is -2.54. The maximum absolute atomic E-state index is 14.5. The Morgan fingerprint density at radius 1 is 1.17 bits per heavy atom. The Morgan fingerprint density at radius 2 is 1.85 bits per heavy atom. The van der Waals surface area contributed by atoms with Gasteiger partial charge in [-0.1, -0.05) is 35.9 Å². The van der Waals surface area contributed by atoms with Gasteiger partial charge in [0.25, 0.3) is 5.91 Å². The molecule has 3 aromatic rings. The Bertz CT molecular complexity index is 1810. The molecule has 0 radical (unpaired) electrons. The molecule has 2 aliphatic rings. The van der Waals surface area contributed by atoms with Gasteiger partial charge in [-0.2, -0.15) is 40.9 Å². The van der Waals surface area contributed by atoms with E-state index in [0.29, 0.717) is 9.87 Å². The van der Waals surface area contributed by atoms with Crippen LogP contribution < -0.4 is 4.90 Å². The Balaban J connectivity index is 1.66. The molecule has 2 aliphatic heterocycles. The molecule has 0 spiro atoms. The van der Waals surface area contributed by atoms with E-state index in [9.17, 15) is 45.9 Å². The molecular formula is C29H27ClF4N6O5S. The number of hydrogen-bond acceptors (Lipinski definition) is 8. The Kier molecular flexibility index (Phi) is 9.15. The van der Waals surface area contributed by atoms with E-state index in [1.807, 2.05) is 6.07 Å². The largest absolute Gasteiger partial charge is 0.393 e. The van der Waals surface area contributed by atoms with Gasteiger partial charge in [0.05, 0.1) is 28.3 Å². The number of aliphatic hydroxyl groups excluding tert-OH is 1. The zero-order chi connectivity index (χ0) is 33.6. The highest BCUT2D eigenvalue weighted by atomic mass is 35.5. The highest BCUT2D eigenvalue weighted by Crippen LogP contribution is 2.46. The minimum Gasteiger partial charge on any atom is -0.392 e. The van der Waals surface area contributed by atoms with Crippen LogP contribution in [0.5, 0.6) is 0 Å². The SMILES string of the molecule is CN(Cc1ccc(F)cc1)c1c(C#N)c(C2CN(S(=O)(=O)N3CCC(O)C3)C(=O)CC2C(F)(F)F)nn1C(=O)c1ccccc1Cl. The van der Waals surface area contributed by atoms with Crippen LogP contribution in [-0.4, -0.2) is 82.7 Å². The first-order valence-electron chi connectivity index (χ1n) is 14.0. The molecule has 0 aliphatic carbocycles. The van der Waals surface area contributed by atoms with Gasteiger partial charge in [-0.25, -0.2) is 8.70 Å². The van der Waals surface area contributed by atoms with Crippen LogP contribution in [0.1, 0.15) is 45.9 Å². The van der Waals surface area contributed by atoms with Crippen LogP contribution in [0.3, 0.4) is 0 Å². The third-order valence-corrected chi connectivity index (χ3v) is 10.2. The molecule has 5 rings (SSSR count). The number of piperidine rings is 1. The number of carbonyl (C=O) groups is 2. The normalized spacial score (nSPS) is 21.0. The summed E-state index contributed by atoms with van der Waals surface area (Å²) in [6, 6.07) is 12.9. The maximum atomic E-state index is 14.5. The Hall–Kier alpha value is -4.04. The van der Waals surface area contributed by atoms with Crippen molar-refractivity contribution in [2.24, 2.45) is 5.92 Å². The summed E-state index contributed by atoms with van der Waals surface area (Å²) in [5.74, 6) is -7.26. The van der Waals surface area contributed by atoms with Crippen LogP contribution in [0.25, 0.3) is 0 Å². The van der Waals surface area contributed by atoms with E-state index in [1.54, 1.807) is 6.07 Å². The number of rotatable bonds is 7. The van der Waals surface area contributed by atoms with Crippen LogP contribution in [-0.2, 0) is 21.5 Å². The summed E-state index contributed by atoms with van der Waals surface area (Å²) in [7, 11) is -3.21. The van der Waals surface area contributed by atoms with Gasteiger partial charge in [0.1, 0.15) is 17.4 Å². The van der Waals surface area contributed by atoms with Crippen molar-refractivity contribution in [1.82, 2.24) is 18.4 Å². The number of alkyl halides is 3. The zero-order valence-corrected chi connectivity index (χ0v) is 25.7. The molecule has 2 saturated heterocycles. The predicted molar refractivity (Wildman–Crippen MR) is 156 cm³/mol. The van der Waals surface area contributed by atoms with Crippen molar-refractivity contribution < 1.29 is 40.7 Å². The lowest BCUT2D eigenvalue weighted by Gasteiger charge is -2.38. The molecule has 0 bridgehead atoms. The van der Waals surface area contributed by atoms with E-state index in [2.05, 4.69) is 5.10 Å². The van der Waals surface area contributed by atoms with Gasteiger partial charge in [-0.15, -0.1) is 0 Å². The van der Waals surface area contributed by atoms with Crippen LogP contribution in [0.15, 0.2) is 48.5 Å². The fraction of sp³-hybridized carbons (Fsp3) is 0.379. The molecule has 3 unspecified atom stereocenters. The van der Waals surface area contributed by atoms with Crippen molar-refractivity contribution in [3.8, 4) is 6.07 Å². The van der Waals surface area contributed by atoms with E-state index in [0.717, 1.165) is 8.99 Å². The number of aromatic nitrogens is 2. The number of halogens is 5. The topological polar surface area (TPSA) is 140 Å². The minimum absolute atomic E-state index is 0.00306. The average Bonchev–Trinajstić information content (AvgIpc) is 3.62. The van der Waals surface area contributed by atoms with Crippen LogP contribution in [0, 0.1) is 23.1 Å². The van der Waals surface area contributed by atoms with Crippen molar-refractivity contribution in [2.75, 3.05) is 31.6 Å². The summed E-state index contributed by atoms with van der Waals surface area (Å²) in [6.07, 6.45) is -7.22. The van der Waals surface area contributed by atoms with Gasteiger partial charge in [-0.05, 0) is 36.2 Å². The molecular weight excluding hydrogens is 656 g/mol. The highest BCUT2D eigenvalue weighted by Gasteiger charge is 2.55.